The zero-order valence-electron chi connectivity index (χ0n) is 16.8. The second kappa shape index (κ2) is 14.1. The summed E-state index contributed by atoms with van der Waals surface area (Å²) in [6.45, 7) is 7.86. The van der Waals surface area contributed by atoms with Crippen LogP contribution < -0.4 is 5.32 Å². The van der Waals surface area contributed by atoms with E-state index in [1.807, 2.05) is 23.5 Å². The van der Waals surface area contributed by atoms with Crippen molar-refractivity contribution < 1.29 is 0 Å². The van der Waals surface area contributed by atoms with Crippen molar-refractivity contribution in [1.29, 1.82) is 0 Å². The standard InChI is InChI=1S/C23H34N2S2/c1-3-23(19-26-17-21-11-7-5-8-12-21)24-15-16-25(4-2)20-27-18-22-13-9-6-10-14-22/h5-14,23-24H,3-4,15-20H2,1-2H3. The Labute approximate surface area is 174 Å². The van der Waals surface area contributed by atoms with Gasteiger partial charge in [-0.3, -0.25) is 4.90 Å². The minimum absolute atomic E-state index is 0.606. The van der Waals surface area contributed by atoms with E-state index in [-0.39, 0.29) is 0 Å². The Bertz CT molecular complexity index is 538. The Morgan fingerprint density at radius 2 is 1.44 bits per heavy atom. The maximum absolute atomic E-state index is 3.76. The normalized spacial score (nSPS) is 12.4. The number of nitrogens with one attached hydrogen (secondary N) is 1. The van der Waals surface area contributed by atoms with E-state index in [0.29, 0.717) is 6.04 Å². The molecule has 1 N–H and O–H groups in total. The molecule has 0 spiro atoms. The van der Waals surface area contributed by atoms with Crippen molar-refractivity contribution in [1.82, 2.24) is 10.2 Å². The van der Waals surface area contributed by atoms with Gasteiger partial charge in [0.2, 0.25) is 0 Å². The largest absolute Gasteiger partial charge is 0.312 e. The van der Waals surface area contributed by atoms with Gasteiger partial charge in [0.25, 0.3) is 0 Å². The molecule has 2 aromatic rings. The minimum atomic E-state index is 0.606. The van der Waals surface area contributed by atoms with Crippen LogP contribution in [0.2, 0.25) is 0 Å². The lowest BCUT2D eigenvalue weighted by atomic mass is 10.2. The van der Waals surface area contributed by atoms with Crippen LogP contribution in [0.3, 0.4) is 0 Å². The smallest absolute Gasteiger partial charge is 0.0448 e. The number of thioether (sulfide) groups is 2. The molecule has 2 nitrogen and oxygen atoms in total. The predicted octanol–water partition coefficient (Wildman–Crippen LogP) is 5.50. The number of likely N-dealkylation sites (N-methyl/N-ethyl adjacent to an activating group) is 1. The zero-order chi connectivity index (χ0) is 19.2. The van der Waals surface area contributed by atoms with Gasteiger partial charge in [-0.15, -0.1) is 11.8 Å². The molecule has 0 bridgehead atoms. The molecular formula is C23H34N2S2. The van der Waals surface area contributed by atoms with Crippen molar-refractivity contribution in [3.63, 3.8) is 0 Å². The van der Waals surface area contributed by atoms with Crippen LogP contribution >= 0.6 is 23.5 Å². The van der Waals surface area contributed by atoms with Crippen LogP contribution in [-0.2, 0) is 11.5 Å². The van der Waals surface area contributed by atoms with Gasteiger partial charge in [-0.2, -0.15) is 11.8 Å². The molecule has 148 valence electrons. The first-order valence-electron chi connectivity index (χ1n) is 10.0. The van der Waals surface area contributed by atoms with E-state index < -0.39 is 0 Å². The van der Waals surface area contributed by atoms with Gasteiger partial charge in [-0.05, 0) is 24.1 Å². The molecular weight excluding hydrogens is 368 g/mol. The molecule has 0 amide bonds. The summed E-state index contributed by atoms with van der Waals surface area (Å²) < 4.78 is 0. The first-order chi connectivity index (χ1) is 13.3. The Morgan fingerprint density at radius 3 is 2.00 bits per heavy atom. The molecule has 2 aromatic carbocycles. The third-order valence-electron chi connectivity index (χ3n) is 4.62. The highest BCUT2D eigenvalue weighted by Crippen LogP contribution is 2.14. The Morgan fingerprint density at radius 1 is 0.852 bits per heavy atom. The summed E-state index contributed by atoms with van der Waals surface area (Å²) in [5.74, 6) is 4.49. The zero-order valence-corrected chi connectivity index (χ0v) is 18.4. The lowest BCUT2D eigenvalue weighted by Gasteiger charge is -2.23. The predicted molar refractivity (Wildman–Crippen MR) is 125 cm³/mol. The molecule has 0 fully saturated rings. The number of rotatable bonds is 14. The summed E-state index contributed by atoms with van der Waals surface area (Å²) in [6, 6.07) is 22.1. The first kappa shape index (κ1) is 22.4. The summed E-state index contributed by atoms with van der Waals surface area (Å²) in [4.78, 5) is 2.53. The van der Waals surface area contributed by atoms with Crippen molar-refractivity contribution in [3.8, 4) is 0 Å². The van der Waals surface area contributed by atoms with E-state index in [2.05, 4.69) is 84.7 Å². The molecule has 2 rings (SSSR count). The van der Waals surface area contributed by atoms with Crippen molar-refractivity contribution in [3.05, 3.63) is 71.8 Å². The first-order valence-corrected chi connectivity index (χ1v) is 12.3. The van der Waals surface area contributed by atoms with Gasteiger partial charge >= 0.3 is 0 Å². The molecule has 0 saturated carbocycles. The summed E-state index contributed by atoms with van der Waals surface area (Å²) >= 11 is 4.04. The highest BCUT2D eigenvalue weighted by atomic mass is 32.2. The summed E-state index contributed by atoms with van der Waals surface area (Å²) in [7, 11) is 0. The summed E-state index contributed by atoms with van der Waals surface area (Å²) in [6.07, 6.45) is 1.19. The van der Waals surface area contributed by atoms with Gasteiger partial charge in [0, 0.05) is 42.3 Å². The fourth-order valence-corrected chi connectivity index (χ4v) is 5.10. The molecule has 0 aliphatic heterocycles. The maximum atomic E-state index is 3.76. The van der Waals surface area contributed by atoms with Crippen molar-refractivity contribution in [2.24, 2.45) is 0 Å². The molecule has 0 aliphatic rings. The number of hydrogen-bond donors (Lipinski definition) is 1. The number of nitrogens with zero attached hydrogens (tertiary/aromatic N) is 1. The van der Waals surface area contributed by atoms with Gasteiger partial charge in [0.05, 0.1) is 0 Å². The van der Waals surface area contributed by atoms with Crippen LogP contribution in [0.25, 0.3) is 0 Å². The van der Waals surface area contributed by atoms with E-state index in [0.717, 1.165) is 37.0 Å². The molecule has 1 atom stereocenters. The van der Waals surface area contributed by atoms with Crippen molar-refractivity contribution >= 4 is 23.5 Å². The van der Waals surface area contributed by atoms with Crippen LogP contribution in [0.4, 0.5) is 0 Å². The highest BCUT2D eigenvalue weighted by Gasteiger charge is 2.08. The van der Waals surface area contributed by atoms with Crippen molar-refractivity contribution in [2.75, 3.05) is 31.3 Å². The molecule has 1 unspecified atom stereocenters. The molecule has 0 saturated heterocycles. The average Bonchev–Trinajstić information content (AvgIpc) is 2.73. The molecule has 0 heterocycles. The quantitative estimate of drug-likeness (QED) is 0.419. The minimum Gasteiger partial charge on any atom is -0.312 e. The second-order valence-corrected chi connectivity index (χ2v) is 8.72. The van der Waals surface area contributed by atoms with E-state index in [9.17, 15) is 0 Å². The summed E-state index contributed by atoms with van der Waals surface area (Å²) in [5.41, 5.74) is 2.84. The van der Waals surface area contributed by atoms with Gasteiger partial charge in [-0.1, -0.05) is 74.5 Å². The Balaban J connectivity index is 1.58. The Hall–Kier alpha value is -0.940. The van der Waals surface area contributed by atoms with Gasteiger partial charge in [0.1, 0.15) is 0 Å². The topological polar surface area (TPSA) is 15.3 Å². The lowest BCUT2D eigenvalue weighted by Crippen LogP contribution is -2.38. The molecule has 0 aromatic heterocycles. The molecule has 27 heavy (non-hydrogen) atoms. The third-order valence-corrected chi connectivity index (χ3v) is 6.88. The molecule has 4 heteroatoms. The van der Waals surface area contributed by atoms with Crippen LogP contribution in [0, 0.1) is 0 Å². The third kappa shape index (κ3) is 9.70. The summed E-state index contributed by atoms with van der Waals surface area (Å²) in [5, 5.41) is 3.76. The van der Waals surface area contributed by atoms with Crippen LogP contribution in [-0.4, -0.2) is 42.2 Å². The van der Waals surface area contributed by atoms with Crippen molar-refractivity contribution in [2.45, 2.75) is 37.8 Å². The van der Waals surface area contributed by atoms with E-state index in [4.69, 9.17) is 0 Å². The van der Waals surface area contributed by atoms with Gasteiger partial charge in [0.15, 0.2) is 0 Å². The van der Waals surface area contributed by atoms with Crippen LogP contribution in [0.15, 0.2) is 60.7 Å². The van der Waals surface area contributed by atoms with E-state index in [1.54, 1.807) is 0 Å². The highest BCUT2D eigenvalue weighted by molar-refractivity contribution is 7.98. The average molecular weight is 403 g/mol. The van der Waals surface area contributed by atoms with E-state index in [1.165, 1.54) is 23.3 Å². The van der Waals surface area contributed by atoms with Gasteiger partial charge < -0.3 is 5.32 Å². The SMILES string of the molecule is CCC(CSCc1ccccc1)NCCN(CC)CSCc1ccccc1. The number of benzene rings is 2. The van der Waals surface area contributed by atoms with Crippen LogP contribution in [0.1, 0.15) is 31.4 Å². The second-order valence-electron chi connectivity index (χ2n) is 6.73. The Kier molecular flexibility index (Phi) is 11.7. The monoisotopic (exact) mass is 402 g/mol. The fourth-order valence-electron chi connectivity index (χ4n) is 2.82. The molecule has 0 aliphatic carbocycles. The van der Waals surface area contributed by atoms with Gasteiger partial charge in [-0.25, -0.2) is 0 Å². The maximum Gasteiger partial charge on any atom is 0.0448 e. The number of hydrogen-bond acceptors (Lipinski definition) is 4. The lowest BCUT2D eigenvalue weighted by molar-refractivity contribution is 0.328. The molecule has 0 radical (unpaired) electrons. The van der Waals surface area contributed by atoms with Crippen LogP contribution in [0.5, 0.6) is 0 Å². The fraction of sp³-hybridized carbons (Fsp3) is 0.478. The van der Waals surface area contributed by atoms with E-state index >= 15 is 0 Å².